The van der Waals surface area contributed by atoms with Crippen LogP contribution in [0.4, 0.5) is 5.69 Å². The molecule has 0 saturated heterocycles. The van der Waals surface area contributed by atoms with Gasteiger partial charge in [-0.3, -0.25) is 0 Å². The van der Waals surface area contributed by atoms with Gasteiger partial charge in [-0.25, -0.2) is 4.79 Å². The van der Waals surface area contributed by atoms with Crippen LogP contribution in [-0.4, -0.2) is 31.8 Å². The molecule has 0 unspecified atom stereocenters. The molecule has 0 heterocycles. The SMILES string of the molecule is CC(C)COC[C@H](CNc1ccccc1)OC(=O)c1ccccc1. The number of carbonyl (C=O) groups is 1. The summed E-state index contributed by atoms with van der Waals surface area (Å²) < 4.78 is 11.3. The minimum atomic E-state index is -0.350. The summed E-state index contributed by atoms with van der Waals surface area (Å²) in [7, 11) is 0. The highest BCUT2D eigenvalue weighted by Gasteiger charge is 2.16. The molecule has 0 aliphatic carbocycles. The van der Waals surface area contributed by atoms with E-state index in [4.69, 9.17) is 9.47 Å². The molecule has 24 heavy (non-hydrogen) atoms. The van der Waals surface area contributed by atoms with Crippen LogP contribution in [0.3, 0.4) is 0 Å². The predicted molar refractivity (Wildman–Crippen MR) is 96.2 cm³/mol. The van der Waals surface area contributed by atoms with Crippen LogP contribution in [0.15, 0.2) is 60.7 Å². The molecule has 0 bridgehead atoms. The van der Waals surface area contributed by atoms with Crippen LogP contribution in [0.1, 0.15) is 24.2 Å². The lowest BCUT2D eigenvalue weighted by molar-refractivity contribution is -0.00437. The summed E-state index contributed by atoms with van der Waals surface area (Å²) in [6.45, 7) is 5.70. The molecule has 0 aliphatic heterocycles. The van der Waals surface area contributed by atoms with Gasteiger partial charge in [0.15, 0.2) is 0 Å². The monoisotopic (exact) mass is 327 g/mol. The van der Waals surface area contributed by atoms with Gasteiger partial charge in [-0.05, 0) is 30.2 Å². The molecule has 0 aliphatic rings. The molecule has 4 heteroatoms. The Balaban J connectivity index is 1.92. The van der Waals surface area contributed by atoms with E-state index >= 15 is 0 Å². The van der Waals surface area contributed by atoms with Gasteiger partial charge in [0.25, 0.3) is 0 Å². The lowest BCUT2D eigenvalue weighted by Gasteiger charge is -2.20. The fourth-order valence-electron chi connectivity index (χ4n) is 2.15. The van der Waals surface area contributed by atoms with Gasteiger partial charge in [-0.2, -0.15) is 0 Å². The lowest BCUT2D eigenvalue weighted by Crippen LogP contribution is -2.31. The largest absolute Gasteiger partial charge is 0.454 e. The number of hydrogen-bond acceptors (Lipinski definition) is 4. The maximum atomic E-state index is 12.3. The van der Waals surface area contributed by atoms with Crippen molar-refractivity contribution in [1.82, 2.24) is 0 Å². The standard InChI is InChI=1S/C20H25NO3/c1-16(2)14-23-15-19(13-21-18-11-7-4-8-12-18)24-20(22)17-9-5-3-6-10-17/h3-12,16,19,21H,13-15H2,1-2H3/t19-/m0/s1. The number of benzene rings is 2. The summed E-state index contributed by atoms with van der Waals surface area (Å²) in [5, 5.41) is 3.28. The Hall–Kier alpha value is -2.33. The van der Waals surface area contributed by atoms with Crippen LogP contribution < -0.4 is 5.32 Å². The quantitative estimate of drug-likeness (QED) is 0.707. The number of hydrogen-bond donors (Lipinski definition) is 1. The van der Waals surface area contributed by atoms with Crippen LogP contribution in [0.5, 0.6) is 0 Å². The van der Waals surface area contributed by atoms with Crippen molar-refractivity contribution in [3.63, 3.8) is 0 Å². The Bertz CT molecular complexity index is 599. The highest BCUT2D eigenvalue weighted by molar-refractivity contribution is 5.89. The maximum Gasteiger partial charge on any atom is 0.338 e. The van der Waals surface area contributed by atoms with Gasteiger partial charge in [0.2, 0.25) is 0 Å². The van der Waals surface area contributed by atoms with Crippen LogP contribution in [0.2, 0.25) is 0 Å². The third kappa shape index (κ3) is 6.42. The Morgan fingerprint density at radius 1 is 0.958 bits per heavy atom. The number of nitrogens with one attached hydrogen (secondary N) is 1. The van der Waals surface area contributed by atoms with E-state index in [1.165, 1.54) is 0 Å². The van der Waals surface area contributed by atoms with E-state index < -0.39 is 0 Å². The molecule has 1 N–H and O–H groups in total. The zero-order valence-electron chi connectivity index (χ0n) is 14.3. The average Bonchev–Trinajstić information content (AvgIpc) is 2.60. The maximum absolute atomic E-state index is 12.3. The molecule has 2 rings (SSSR count). The fraction of sp³-hybridized carbons (Fsp3) is 0.350. The van der Waals surface area contributed by atoms with Crippen molar-refractivity contribution in [2.75, 3.05) is 25.1 Å². The van der Waals surface area contributed by atoms with Crippen molar-refractivity contribution >= 4 is 11.7 Å². The van der Waals surface area contributed by atoms with Gasteiger partial charge in [0.1, 0.15) is 6.10 Å². The van der Waals surface area contributed by atoms with Gasteiger partial charge in [-0.1, -0.05) is 50.2 Å². The van der Waals surface area contributed by atoms with Crippen LogP contribution in [-0.2, 0) is 9.47 Å². The summed E-state index contributed by atoms with van der Waals surface area (Å²) >= 11 is 0. The van der Waals surface area contributed by atoms with Crippen LogP contribution in [0, 0.1) is 5.92 Å². The van der Waals surface area contributed by atoms with Crippen molar-refractivity contribution < 1.29 is 14.3 Å². The number of para-hydroxylation sites is 1. The molecular weight excluding hydrogens is 302 g/mol. The van der Waals surface area contributed by atoms with E-state index in [9.17, 15) is 4.79 Å². The van der Waals surface area contributed by atoms with Gasteiger partial charge in [0.05, 0.1) is 18.7 Å². The molecule has 0 radical (unpaired) electrons. The van der Waals surface area contributed by atoms with E-state index in [1.807, 2.05) is 48.5 Å². The molecule has 0 fully saturated rings. The van der Waals surface area contributed by atoms with Gasteiger partial charge in [0, 0.05) is 12.3 Å². The van der Waals surface area contributed by atoms with Crippen molar-refractivity contribution in [3.8, 4) is 0 Å². The van der Waals surface area contributed by atoms with Crippen molar-refractivity contribution in [2.24, 2.45) is 5.92 Å². The zero-order valence-corrected chi connectivity index (χ0v) is 14.3. The smallest absolute Gasteiger partial charge is 0.338 e. The highest BCUT2D eigenvalue weighted by atomic mass is 16.6. The Morgan fingerprint density at radius 3 is 2.21 bits per heavy atom. The summed E-state index contributed by atoms with van der Waals surface area (Å²) in [6.07, 6.45) is -0.350. The minimum absolute atomic E-state index is 0.330. The second-order valence-electron chi connectivity index (χ2n) is 6.07. The third-order valence-electron chi connectivity index (χ3n) is 3.35. The first-order valence-corrected chi connectivity index (χ1v) is 8.28. The number of anilines is 1. The second kappa shape index (κ2) is 9.73. The number of carbonyl (C=O) groups excluding carboxylic acids is 1. The van der Waals surface area contributed by atoms with Crippen LogP contribution >= 0.6 is 0 Å². The Labute approximate surface area is 143 Å². The van der Waals surface area contributed by atoms with Crippen molar-refractivity contribution in [1.29, 1.82) is 0 Å². The third-order valence-corrected chi connectivity index (χ3v) is 3.35. The van der Waals surface area contributed by atoms with Gasteiger partial charge < -0.3 is 14.8 Å². The summed E-state index contributed by atoms with van der Waals surface area (Å²) in [4.78, 5) is 12.3. The summed E-state index contributed by atoms with van der Waals surface area (Å²) in [5.74, 6) is 0.112. The van der Waals surface area contributed by atoms with Crippen LogP contribution in [0.25, 0.3) is 0 Å². The number of ether oxygens (including phenoxy) is 2. The van der Waals surface area contributed by atoms with E-state index in [0.29, 0.717) is 31.2 Å². The molecular formula is C20H25NO3. The highest BCUT2D eigenvalue weighted by Crippen LogP contribution is 2.09. The van der Waals surface area contributed by atoms with E-state index in [0.717, 1.165) is 5.69 Å². The second-order valence-corrected chi connectivity index (χ2v) is 6.07. The van der Waals surface area contributed by atoms with Crippen molar-refractivity contribution in [2.45, 2.75) is 20.0 Å². The molecule has 0 amide bonds. The van der Waals surface area contributed by atoms with Gasteiger partial charge in [-0.15, -0.1) is 0 Å². The lowest BCUT2D eigenvalue weighted by atomic mass is 10.2. The molecule has 4 nitrogen and oxygen atoms in total. The summed E-state index contributed by atoms with van der Waals surface area (Å²) in [6, 6.07) is 18.9. The first-order valence-electron chi connectivity index (χ1n) is 8.28. The minimum Gasteiger partial charge on any atom is -0.454 e. The van der Waals surface area contributed by atoms with E-state index in [1.54, 1.807) is 12.1 Å². The number of rotatable bonds is 9. The topological polar surface area (TPSA) is 47.6 Å². The molecule has 2 aromatic carbocycles. The molecule has 0 aromatic heterocycles. The number of esters is 1. The normalized spacial score (nSPS) is 12.0. The Morgan fingerprint density at radius 2 is 1.58 bits per heavy atom. The Kier molecular flexibility index (Phi) is 7.30. The molecule has 1 atom stereocenters. The zero-order chi connectivity index (χ0) is 17.2. The first kappa shape index (κ1) is 18.0. The fourth-order valence-corrected chi connectivity index (χ4v) is 2.15. The molecule has 128 valence electrons. The molecule has 2 aromatic rings. The van der Waals surface area contributed by atoms with Crippen molar-refractivity contribution in [3.05, 3.63) is 66.2 Å². The van der Waals surface area contributed by atoms with E-state index in [-0.39, 0.29) is 12.1 Å². The van der Waals surface area contributed by atoms with E-state index in [2.05, 4.69) is 19.2 Å². The molecule has 0 saturated carbocycles. The molecule has 0 spiro atoms. The predicted octanol–water partition coefficient (Wildman–Crippen LogP) is 4.00. The average molecular weight is 327 g/mol. The summed E-state index contributed by atoms with van der Waals surface area (Å²) in [5.41, 5.74) is 1.54. The van der Waals surface area contributed by atoms with Gasteiger partial charge >= 0.3 is 5.97 Å². The first-order chi connectivity index (χ1) is 11.6.